The zero-order valence-electron chi connectivity index (χ0n) is 15.9. The first-order valence-corrected chi connectivity index (χ1v) is 10.8. The van der Waals surface area contributed by atoms with Gasteiger partial charge in [-0.15, -0.1) is 0 Å². The number of fused-ring (bicyclic) bond motifs is 1. The van der Waals surface area contributed by atoms with Crippen molar-refractivity contribution in [3.63, 3.8) is 0 Å². The first-order valence-electron chi connectivity index (χ1n) is 9.99. The summed E-state index contributed by atoms with van der Waals surface area (Å²) in [6.45, 7) is 2.29. The Morgan fingerprint density at radius 2 is 2.00 bits per heavy atom. The number of aromatic nitrogens is 2. The molecule has 6 heteroatoms. The van der Waals surface area contributed by atoms with Gasteiger partial charge in [0.25, 0.3) is 0 Å². The molecule has 2 aliphatic rings. The number of likely N-dealkylation sites (tertiary alicyclic amines) is 1. The first-order chi connectivity index (χ1) is 13.7. The molecular weight excluding hydrogens is 421 g/mol. The summed E-state index contributed by atoms with van der Waals surface area (Å²) < 4.78 is 19.5. The van der Waals surface area contributed by atoms with Crippen LogP contribution in [-0.2, 0) is 6.42 Å². The van der Waals surface area contributed by atoms with E-state index in [0.29, 0.717) is 12.4 Å². The molecule has 4 rings (SSSR count). The molecule has 1 aliphatic carbocycles. The third-order valence-electron chi connectivity index (χ3n) is 5.43. The van der Waals surface area contributed by atoms with E-state index in [1.807, 2.05) is 12.4 Å². The number of ether oxygens (including phenoxy) is 1. The Kier molecular flexibility index (Phi) is 6.37. The van der Waals surface area contributed by atoms with E-state index in [4.69, 9.17) is 4.74 Å². The van der Waals surface area contributed by atoms with Gasteiger partial charge >= 0.3 is 6.01 Å². The van der Waals surface area contributed by atoms with E-state index in [2.05, 4.69) is 55.1 Å². The lowest BCUT2D eigenvalue weighted by Crippen LogP contribution is -2.26. The van der Waals surface area contributed by atoms with Crippen LogP contribution in [0.25, 0.3) is 5.57 Å². The normalized spacial score (nSPS) is 20.1. The zero-order chi connectivity index (χ0) is 19.3. The summed E-state index contributed by atoms with van der Waals surface area (Å²) in [5.74, 6) is 0. The van der Waals surface area contributed by atoms with Gasteiger partial charge in [-0.1, -0.05) is 40.2 Å². The molecule has 0 amide bonds. The van der Waals surface area contributed by atoms with E-state index in [9.17, 15) is 4.39 Å². The Labute approximate surface area is 174 Å². The van der Waals surface area contributed by atoms with Crippen molar-refractivity contribution in [2.75, 3.05) is 26.3 Å². The molecule has 1 atom stereocenters. The van der Waals surface area contributed by atoms with Crippen molar-refractivity contribution in [3.05, 3.63) is 57.8 Å². The molecule has 0 spiro atoms. The second kappa shape index (κ2) is 9.14. The van der Waals surface area contributed by atoms with Gasteiger partial charge in [0.1, 0.15) is 6.10 Å². The highest BCUT2D eigenvalue weighted by atomic mass is 79.9. The standard InChI is InChI=1S/C22H25BrFN3O/c23-20-8-3-6-16-5-1-2-7-19(16)21(20)17-13-25-22(26-14-17)28-18-9-12-27(15-18)11-4-10-24/h1-2,5,7,13-14,18H,3-4,6,8-12,15H2/t18-/m0/s1. The highest BCUT2D eigenvalue weighted by Gasteiger charge is 2.24. The van der Waals surface area contributed by atoms with Crippen molar-refractivity contribution in [1.29, 1.82) is 0 Å². The van der Waals surface area contributed by atoms with Crippen molar-refractivity contribution < 1.29 is 9.13 Å². The highest BCUT2D eigenvalue weighted by molar-refractivity contribution is 9.11. The lowest BCUT2D eigenvalue weighted by Gasteiger charge is -2.16. The second-order valence-corrected chi connectivity index (χ2v) is 8.37. The SMILES string of the molecule is FCCCN1CC[C@H](Oc2ncc(C3=C(Br)CCCc4ccccc43)cn2)C1. The summed E-state index contributed by atoms with van der Waals surface area (Å²) in [5.41, 5.74) is 4.80. The summed E-state index contributed by atoms with van der Waals surface area (Å²) in [7, 11) is 0. The van der Waals surface area contributed by atoms with Gasteiger partial charge in [0, 0.05) is 47.6 Å². The molecule has 4 nitrogen and oxygen atoms in total. The summed E-state index contributed by atoms with van der Waals surface area (Å²) in [6.07, 6.45) is 8.54. The Morgan fingerprint density at radius 1 is 1.18 bits per heavy atom. The minimum absolute atomic E-state index is 0.0787. The Balaban J connectivity index is 1.48. The average molecular weight is 446 g/mol. The molecule has 1 saturated heterocycles. The van der Waals surface area contributed by atoms with Crippen molar-refractivity contribution in [2.24, 2.45) is 0 Å². The minimum Gasteiger partial charge on any atom is -0.459 e. The fraction of sp³-hybridized carbons (Fsp3) is 0.455. The number of hydrogen-bond donors (Lipinski definition) is 0. The molecule has 2 aromatic rings. The Morgan fingerprint density at radius 3 is 2.82 bits per heavy atom. The van der Waals surface area contributed by atoms with Gasteiger partial charge in [-0.2, -0.15) is 0 Å². The molecule has 28 heavy (non-hydrogen) atoms. The van der Waals surface area contributed by atoms with Gasteiger partial charge < -0.3 is 4.74 Å². The summed E-state index contributed by atoms with van der Waals surface area (Å²) in [5, 5.41) is 0. The topological polar surface area (TPSA) is 38.2 Å². The predicted molar refractivity (Wildman–Crippen MR) is 112 cm³/mol. The molecule has 0 bridgehead atoms. The molecule has 1 aliphatic heterocycles. The second-order valence-electron chi connectivity index (χ2n) is 7.42. The summed E-state index contributed by atoms with van der Waals surface area (Å²) in [4.78, 5) is 11.2. The number of benzene rings is 1. The van der Waals surface area contributed by atoms with E-state index in [-0.39, 0.29) is 12.8 Å². The molecule has 2 heterocycles. The Hall–Kier alpha value is -1.79. The predicted octanol–water partition coefficient (Wildman–Crippen LogP) is 4.78. The number of aryl methyl sites for hydroxylation is 1. The van der Waals surface area contributed by atoms with Crippen molar-refractivity contribution in [3.8, 4) is 6.01 Å². The van der Waals surface area contributed by atoms with E-state index < -0.39 is 0 Å². The molecule has 1 aromatic heterocycles. The number of rotatable bonds is 6. The van der Waals surface area contributed by atoms with Gasteiger partial charge in [0.15, 0.2) is 0 Å². The van der Waals surface area contributed by atoms with Crippen LogP contribution in [0.5, 0.6) is 6.01 Å². The van der Waals surface area contributed by atoms with Crippen LogP contribution in [0, 0.1) is 0 Å². The lowest BCUT2D eigenvalue weighted by atomic mass is 9.95. The van der Waals surface area contributed by atoms with E-state index in [1.54, 1.807) is 0 Å². The first kappa shape index (κ1) is 19.5. The summed E-state index contributed by atoms with van der Waals surface area (Å²) >= 11 is 3.79. The molecule has 1 aromatic carbocycles. The van der Waals surface area contributed by atoms with Gasteiger partial charge in [0.05, 0.1) is 6.67 Å². The zero-order valence-corrected chi connectivity index (χ0v) is 17.5. The van der Waals surface area contributed by atoms with Crippen LogP contribution >= 0.6 is 15.9 Å². The van der Waals surface area contributed by atoms with Crippen LogP contribution in [0.3, 0.4) is 0 Å². The van der Waals surface area contributed by atoms with E-state index in [0.717, 1.165) is 50.9 Å². The maximum absolute atomic E-state index is 12.3. The molecule has 0 saturated carbocycles. The number of halogens is 2. The highest BCUT2D eigenvalue weighted by Crippen LogP contribution is 2.37. The maximum Gasteiger partial charge on any atom is 0.316 e. The molecule has 0 radical (unpaired) electrons. The molecule has 0 unspecified atom stereocenters. The van der Waals surface area contributed by atoms with E-state index in [1.165, 1.54) is 21.2 Å². The van der Waals surface area contributed by atoms with Crippen LogP contribution in [-0.4, -0.2) is 47.3 Å². The fourth-order valence-electron chi connectivity index (χ4n) is 4.03. The smallest absolute Gasteiger partial charge is 0.316 e. The van der Waals surface area contributed by atoms with Crippen LogP contribution in [0.2, 0.25) is 0 Å². The molecule has 1 fully saturated rings. The molecular formula is C22H25BrFN3O. The quantitative estimate of drug-likeness (QED) is 0.640. The minimum atomic E-state index is -0.263. The number of alkyl halides is 1. The molecule has 0 N–H and O–H groups in total. The van der Waals surface area contributed by atoms with Crippen LogP contribution in [0.1, 0.15) is 42.4 Å². The average Bonchev–Trinajstić information content (AvgIpc) is 3.08. The molecule has 148 valence electrons. The van der Waals surface area contributed by atoms with Gasteiger partial charge in [-0.25, -0.2) is 9.97 Å². The van der Waals surface area contributed by atoms with Crippen molar-refractivity contribution in [2.45, 2.75) is 38.2 Å². The number of nitrogens with zero attached hydrogens (tertiary/aromatic N) is 3. The summed E-state index contributed by atoms with van der Waals surface area (Å²) in [6, 6.07) is 8.97. The van der Waals surface area contributed by atoms with Gasteiger partial charge in [-0.05, 0) is 43.2 Å². The van der Waals surface area contributed by atoms with E-state index >= 15 is 0 Å². The van der Waals surface area contributed by atoms with Crippen LogP contribution in [0.15, 0.2) is 41.1 Å². The maximum atomic E-state index is 12.3. The van der Waals surface area contributed by atoms with Crippen LogP contribution in [0.4, 0.5) is 4.39 Å². The number of allylic oxidation sites excluding steroid dienone is 1. The van der Waals surface area contributed by atoms with Crippen LogP contribution < -0.4 is 4.74 Å². The number of hydrogen-bond acceptors (Lipinski definition) is 4. The van der Waals surface area contributed by atoms with Gasteiger partial charge in [-0.3, -0.25) is 9.29 Å². The van der Waals surface area contributed by atoms with Gasteiger partial charge in [0.2, 0.25) is 0 Å². The van der Waals surface area contributed by atoms with Crippen molar-refractivity contribution >= 4 is 21.5 Å². The monoisotopic (exact) mass is 445 g/mol. The largest absolute Gasteiger partial charge is 0.459 e. The fourth-order valence-corrected chi connectivity index (χ4v) is 4.76. The van der Waals surface area contributed by atoms with Crippen molar-refractivity contribution in [1.82, 2.24) is 14.9 Å². The third-order valence-corrected chi connectivity index (χ3v) is 6.22. The third kappa shape index (κ3) is 4.44. The Bertz CT molecular complexity index is 840. The lowest BCUT2D eigenvalue weighted by molar-refractivity contribution is 0.183.